The zero-order chi connectivity index (χ0) is 29.3. The number of rotatable bonds is 10. The Kier molecular flexibility index (Phi) is 12.0. The molecule has 0 aromatic heterocycles. The van der Waals surface area contributed by atoms with Crippen molar-refractivity contribution < 1.29 is 22.6 Å². The van der Waals surface area contributed by atoms with Crippen molar-refractivity contribution in [2.75, 3.05) is 51.8 Å². The van der Waals surface area contributed by atoms with Crippen LogP contribution in [0.5, 0.6) is 17.2 Å². The number of piperazine rings is 1. The van der Waals surface area contributed by atoms with E-state index in [-0.39, 0.29) is 17.0 Å². The SMILES string of the molecule is CC.CCN(C1CCC(N2CCN(c3ccccc3OC(C)C)CC2)CC1)S(=O)(=O)c1ccc(OC)c(OC)c1. The van der Waals surface area contributed by atoms with E-state index in [1.165, 1.54) is 12.8 Å². The fourth-order valence-corrected chi connectivity index (χ4v) is 7.56. The average molecular weight is 576 g/mol. The summed E-state index contributed by atoms with van der Waals surface area (Å²) >= 11 is 0. The Hall–Kier alpha value is -2.49. The predicted octanol–water partition coefficient (Wildman–Crippen LogP) is 5.66. The van der Waals surface area contributed by atoms with Gasteiger partial charge in [-0.05, 0) is 63.8 Å². The van der Waals surface area contributed by atoms with Crippen LogP contribution < -0.4 is 19.1 Å². The molecule has 1 heterocycles. The quantitative estimate of drug-likeness (QED) is 0.362. The van der Waals surface area contributed by atoms with Crippen LogP contribution in [0.1, 0.15) is 60.3 Å². The molecule has 0 amide bonds. The minimum atomic E-state index is -3.64. The molecule has 0 unspecified atom stereocenters. The Labute approximate surface area is 242 Å². The standard InChI is InChI=1S/C29H43N3O5S.C2H6/c1-6-32(38(33,34)25-15-16-28(35-4)29(21-25)36-5)24-13-11-23(12-14-24)30-17-19-31(20-18-30)26-9-7-8-10-27(26)37-22(2)3;1-2/h7-10,15-16,21-24H,6,11-14,17-20H2,1-5H3;1-2H3. The largest absolute Gasteiger partial charge is 0.493 e. The summed E-state index contributed by atoms with van der Waals surface area (Å²) in [5.74, 6) is 1.89. The second-order valence-corrected chi connectivity index (χ2v) is 12.2. The first-order valence-electron chi connectivity index (χ1n) is 14.8. The number of para-hydroxylation sites is 2. The first-order valence-corrected chi connectivity index (χ1v) is 16.2. The van der Waals surface area contributed by atoms with Crippen molar-refractivity contribution in [2.24, 2.45) is 0 Å². The lowest BCUT2D eigenvalue weighted by molar-refractivity contribution is 0.120. The normalized spacial score (nSPS) is 20.2. The maximum atomic E-state index is 13.6. The van der Waals surface area contributed by atoms with E-state index in [4.69, 9.17) is 14.2 Å². The highest BCUT2D eigenvalue weighted by molar-refractivity contribution is 7.89. The van der Waals surface area contributed by atoms with Gasteiger partial charge in [0.2, 0.25) is 10.0 Å². The molecule has 1 saturated carbocycles. The summed E-state index contributed by atoms with van der Waals surface area (Å²) in [6, 6.07) is 13.6. The van der Waals surface area contributed by atoms with Crippen molar-refractivity contribution in [3.8, 4) is 17.2 Å². The monoisotopic (exact) mass is 575 g/mol. The molecule has 2 aromatic carbocycles. The maximum Gasteiger partial charge on any atom is 0.243 e. The minimum absolute atomic E-state index is 0.00990. The third kappa shape index (κ3) is 7.42. The molecule has 0 radical (unpaired) electrons. The summed E-state index contributed by atoms with van der Waals surface area (Å²) in [7, 11) is -0.572. The Morgan fingerprint density at radius 2 is 1.50 bits per heavy atom. The lowest BCUT2D eigenvalue weighted by Gasteiger charge is -2.44. The molecule has 2 aliphatic rings. The smallest absolute Gasteiger partial charge is 0.243 e. The van der Waals surface area contributed by atoms with Gasteiger partial charge in [0, 0.05) is 50.9 Å². The Balaban J connectivity index is 0.00000216. The molecular formula is C31H49N3O5S. The summed E-state index contributed by atoms with van der Waals surface area (Å²) in [6.45, 7) is 14.4. The van der Waals surface area contributed by atoms with Crippen molar-refractivity contribution in [2.45, 2.75) is 83.4 Å². The highest BCUT2D eigenvalue weighted by Gasteiger charge is 2.36. The molecule has 4 rings (SSSR count). The second kappa shape index (κ2) is 14.9. The van der Waals surface area contributed by atoms with Gasteiger partial charge in [-0.1, -0.05) is 32.9 Å². The fourth-order valence-electron chi connectivity index (χ4n) is 5.85. The third-order valence-electron chi connectivity index (χ3n) is 7.75. The molecular weight excluding hydrogens is 526 g/mol. The first kappa shape index (κ1) is 32.0. The minimum Gasteiger partial charge on any atom is -0.493 e. The number of benzene rings is 2. The van der Waals surface area contributed by atoms with Crippen LogP contribution in [0.3, 0.4) is 0 Å². The Bertz CT molecular complexity index is 1160. The first-order chi connectivity index (χ1) is 19.3. The number of sulfonamides is 1. The molecule has 2 aromatic rings. The molecule has 1 aliphatic heterocycles. The van der Waals surface area contributed by atoms with E-state index in [0.29, 0.717) is 24.1 Å². The van der Waals surface area contributed by atoms with Crippen molar-refractivity contribution >= 4 is 15.7 Å². The highest BCUT2D eigenvalue weighted by atomic mass is 32.2. The maximum absolute atomic E-state index is 13.6. The molecule has 8 nitrogen and oxygen atoms in total. The fraction of sp³-hybridized carbons (Fsp3) is 0.613. The van der Waals surface area contributed by atoms with Gasteiger partial charge in [-0.25, -0.2) is 8.42 Å². The van der Waals surface area contributed by atoms with E-state index in [0.717, 1.165) is 57.6 Å². The summed E-state index contributed by atoms with van der Waals surface area (Å²) in [6.07, 6.45) is 3.91. The number of anilines is 1. The van der Waals surface area contributed by atoms with Gasteiger partial charge in [0.05, 0.1) is 30.9 Å². The van der Waals surface area contributed by atoms with Gasteiger partial charge < -0.3 is 19.1 Å². The van der Waals surface area contributed by atoms with Crippen molar-refractivity contribution in [1.82, 2.24) is 9.21 Å². The molecule has 40 heavy (non-hydrogen) atoms. The van der Waals surface area contributed by atoms with E-state index in [1.54, 1.807) is 29.6 Å². The summed E-state index contributed by atoms with van der Waals surface area (Å²) < 4.78 is 45.5. The van der Waals surface area contributed by atoms with Crippen LogP contribution in [0.25, 0.3) is 0 Å². The molecule has 9 heteroatoms. The van der Waals surface area contributed by atoms with Crippen LogP contribution in [0, 0.1) is 0 Å². The van der Waals surface area contributed by atoms with E-state index in [2.05, 4.69) is 41.8 Å². The second-order valence-electron chi connectivity index (χ2n) is 10.3. The van der Waals surface area contributed by atoms with E-state index in [9.17, 15) is 8.42 Å². The summed E-state index contributed by atoms with van der Waals surface area (Å²) in [5, 5.41) is 0. The number of nitrogens with zero attached hydrogens (tertiary/aromatic N) is 3. The van der Waals surface area contributed by atoms with E-state index in [1.807, 2.05) is 26.8 Å². The third-order valence-corrected chi connectivity index (χ3v) is 9.77. The summed E-state index contributed by atoms with van der Waals surface area (Å²) in [5.41, 5.74) is 1.17. The van der Waals surface area contributed by atoms with Gasteiger partial charge in [0.25, 0.3) is 0 Å². The molecule has 0 atom stereocenters. The van der Waals surface area contributed by atoms with Crippen LogP contribution in [0.2, 0.25) is 0 Å². The number of hydrogen-bond donors (Lipinski definition) is 0. The van der Waals surface area contributed by atoms with Crippen LogP contribution in [-0.2, 0) is 10.0 Å². The molecule has 1 aliphatic carbocycles. The van der Waals surface area contributed by atoms with Gasteiger partial charge in [-0.3, -0.25) is 4.90 Å². The van der Waals surface area contributed by atoms with Crippen molar-refractivity contribution in [3.05, 3.63) is 42.5 Å². The van der Waals surface area contributed by atoms with Crippen LogP contribution in [0.15, 0.2) is 47.4 Å². The Morgan fingerprint density at radius 3 is 2.08 bits per heavy atom. The van der Waals surface area contributed by atoms with Gasteiger partial charge in [-0.15, -0.1) is 0 Å². The van der Waals surface area contributed by atoms with E-state index >= 15 is 0 Å². The van der Waals surface area contributed by atoms with Gasteiger partial charge in [0.1, 0.15) is 5.75 Å². The summed E-state index contributed by atoms with van der Waals surface area (Å²) in [4.78, 5) is 5.27. The number of hydrogen-bond acceptors (Lipinski definition) is 7. The zero-order valence-electron chi connectivity index (χ0n) is 25.4. The van der Waals surface area contributed by atoms with Crippen LogP contribution in [0.4, 0.5) is 5.69 Å². The Morgan fingerprint density at radius 1 is 0.875 bits per heavy atom. The number of methoxy groups -OCH3 is 2. The average Bonchev–Trinajstić information content (AvgIpc) is 2.98. The van der Waals surface area contributed by atoms with Crippen molar-refractivity contribution in [1.29, 1.82) is 0 Å². The topological polar surface area (TPSA) is 71.6 Å². The lowest BCUT2D eigenvalue weighted by atomic mass is 9.89. The van der Waals surface area contributed by atoms with Crippen LogP contribution >= 0.6 is 0 Å². The number of ether oxygens (including phenoxy) is 3. The van der Waals surface area contributed by atoms with E-state index < -0.39 is 10.0 Å². The van der Waals surface area contributed by atoms with Gasteiger partial charge >= 0.3 is 0 Å². The van der Waals surface area contributed by atoms with Gasteiger partial charge in [-0.2, -0.15) is 4.31 Å². The zero-order valence-corrected chi connectivity index (χ0v) is 26.2. The molecule has 224 valence electrons. The molecule has 0 bridgehead atoms. The van der Waals surface area contributed by atoms with Gasteiger partial charge in [0.15, 0.2) is 11.5 Å². The molecule has 1 saturated heterocycles. The molecule has 2 fully saturated rings. The van der Waals surface area contributed by atoms with Crippen molar-refractivity contribution in [3.63, 3.8) is 0 Å². The lowest BCUT2D eigenvalue weighted by Crippen LogP contribution is -2.52. The predicted molar refractivity (Wildman–Crippen MR) is 162 cm³/mol. The molecule has 0 N–H and O–H groups in total. The molecule has 0 spiro atoms. The highest BCUT2D eigenvalue weighted by Crippen LogP contribution is 2.35. The van der Waals surface area contributed by atoms with Crippen LogP contribution in [-0.4, -0.2) is 82.8 Å².